The first-order valence-corrected chi connectivity index (χ1v) is 7.06. The second-order valence-electron chi connectivity index (χ2n) is 4.90. The maximum absolute atomic E-state index is 11.8. The normalized spacial score (nSPS) is 19.3. The molecule has 1 atom stereocenters. The SMILES string of the molecule is CC(C)OC(=O)C1CCN(c2cccc(Br)c2)C1. The number of ether oxygens (including phenoxy) is 1. The van der Waals surface area contributed by atoms with Crippen molar-refractivity contribution >= 4 is 27.6 Å². The van der Waals surface area contributed by atoms with Crippen molar-refractivity contribution in [3.63, 3.8) is 0 Å². The van der Waals surface area contributed by atoms with Crippen LogP contribution in [-0.2, 0) is 9.53 Å². The van der Waals surface area contributed by atoms with Gasteiger partial charge in [0, 0.05) is 23.2 Å². The summed E-state index contributed by atoms with van der Waals surface area (Å²) in [6, 6.07) is 8.17. The molecular formula is C14H18BrNO2. The third kappa shape index (κ3) is 3.25. The van der Waals surface area contributed by atoms with Crippen LogP contribution in [0.5, 0.6) is 0 Å². The minimum Gasteiger partial charge on any atom is -0.463 e. The Kier molecular flexibility index (Phi) is 4.27. The molecule has 18 heavy (non-hydrogen) atoms. The number of hydrogen-bond acceptors (Lipinski definition) is 3. The minimum absolute atomic E-state index is 0.00591. The highest BCUT2D eigenvalue weighted by Gasteiger charge is 2.30. The fourth-order valence-corrected chi connectivity index (χ4v) is 2.58. The molecule has 0 aromatic heterocycles. The van der Waals surface area contributed by atoms with E-state index < -0.39 is 0 Å². The van der Waals surface area contributed by atoms with Crippen molar-refractivity contribution in [1.29, 1.82) is 0 Å². The van der Waals surface area contributed by atoms with Gasteiger partial charge in [0.15, 0.2) is 0 Å². The lowest BCUT2D eigenvalue weighted by Crippen LogP contribution is -2.25. The smallest absolute Gasteiger partial charge is 0.311 e. The van der Waals surface area contributed by atoms with E-state index >= 15 is 0 Å². The van der Waals surface area contributed by atoms with Crippen molar-refractivity contribution < 1.29 is 9.53 Å². The number of carbonyl (C=O) groups excluding carboxylic acids is 1. The monoisotopic (exact) mass is 311 g/mol. The van der Waals surface area contributed by atoms with Crippen LogP contribution in [0, 0.1) is 5.92 Å². The van der Waals surface area contributed by atoms with Gasteiger partial charge in [0.1, 0.15) is 0 Å². The summed E-state index contributed by atoms with van der Waals surface area (Å²) in [6.07, 6.45) is 0.843. The average Bonchev–Trinajstić information content (AvgIpc) is 2.77. The van der Waals surface area contributed by atoms with Crippen LogP contribution in [0.25, 0.3) is 0 Å². The molecule has 98 valence electrons. The summed E-state index contributed by atoms with van der Waals surface area (Å²) in [7, 11) is 0. The number of anilines is 1. The molecule has 1 aromatic carbocycles. The number of carbonyl (C=O) groups is 1. The number of esters is 1. The van der Waals surface area contributed by atoms with Gasteiger partial charge in [-0.05, 0) is 38.5 Å². The van der Waals surface area contributed by atoms with Crippen molar-refractivity contribution in [3.8, 4) is 0 Å². The van der Waals surface area contributed by atoms with Crippen LogP contribution < -0.4 is 4.90 Å². The summed E-state index contributed by atoms with van der Waals surface area (Å²) in [5, 5.41) is 0. The fourth-order valence-electron chi connectivity index (χ4n) is 2.19. The predicted octanol–water partition coefficient (Wildman–Crippen LogP) is 3.23. The zero-order valence-electron chi connectivity index (χ0n) is 10.7. The first-order valence-electron chi connectivity index (χ1n) is 6.27. The van der Waals surface area contributed by atoms with Crippen molar-refractivity contribution in [2.75, 3.05) is 18.0 Å². The third-order valence-corrected chi connectivity index (χ3v) is 3.54. The van der Waals surface area contributed by atoms with Crippen LogP contribution in [0.15, 0.2) is 28.7 Å². The van der Waals surface area contributed by atoms with Gasteiger partial charge in [0.25, 0.3) is 0 Å². The maximum atomic E-state index is 11.8. The Morgan fingerprint density at radius 1 is 1.50 bits per heavy atom. The quantitative estimate of drug-likeness (QED) is 0.803. The highest BCUT2D eigenvalue weighted by molar-refractivity contribution is 9.10. The van der Waals surface area contributed by atoms with Gasteiger partial charge in [0.2, 0.25) is 0 Å². The number of benzene rings is 1. The first-order chi connectivity index (χ1) is 8.56. The van der Waals surface area contributed by atoms with Gasteiger partial charge in [-0.2, -0.15) is 0 Å². The van der Waals surface area contributed by atoms with E-state index in [4.69, 9.17) is 4.74 Å². The van der Waals surface area contributed by atoms with Crippen LogP contribution >= 0.6 is 15.9 Å². The first kappa shape index (κ1) is 13.4. The molecule has 1 fully saturated rings. The summed E-state index contributed by atoms with van der Waals surface area (Å²) in [6.45, 7) is 5.44. The van der Waals surface area contributed by atoms with Gasteiger partial charge in [-0.3, -0.25) is 4.79 Å². The molecule has 1 saturated heterocycles. The van der Waals surface area contributed by atoms with Crippen LogP contribution in [0.2, 0.25) is 0 Å². The third-order valence-electron chi connectivity index (χ3n) is 3.05. The Labute approximate surface area is 116 Å². The summed E-state index contributed by atoms with van der Waals surface area (Å²) >= 11 is 3.47. The highest BCUT2D eigenvalue weighted by atomic mass is 79.9. The summed E-state index contributed by atoms with van der Waals surface area (Å²) in [5.41, 5.74) is 1.16. The number of halogens is 1. The molecule has 1 unspecified atom stereocenters. The van der Waals surface area contributed by atoms with E-state index in [2.05, 4.69) is 33.0 Å². The number of rotatable bonds is 3. The largest absolute Gasteiger partial charge is 0.463 e. The average molecular weight is 312 g/mol. The second kappa shape index (κ2) is 5.74. The van der Waals surface area contributed by atoms with E-state index in [9.17, 15) is 4.79 Å². The molecule has 0 saturated carbocycles. The fraction of sp³-hybridized carbons (Fsp3) is 0.500. The molecule has 1 aliphatic heterocycles. The van der Waals surface area contributed by atoms with Crippen LogP contribution in [0.1, 0.15) is 20.3 Å². The zero-order valence-corrected chi connectivity index (χ0v) is 12.3. The lowest BCUT2D eigenvalue weighted by molar-refractivity contribution is -0.151. The number of nitrogens with zero attached hydrogens (tertiary/aromatic N) is 1. The Morgan fingerprint density at radius 3 is 2.94 bits per heavy atom. The summed E-state index contributed by atoms with van der Waals surface area (Å²) in [4.78, 5) is 14.1. The molecule has 1 aromatic rings. The van der Waals surface area contributed by atoms with E-state index in [-0.39, 0.29) is 18.0 Å². The topological polar surface area (TPSA) is 29.5 Å². The Hall–Kier alpha value is -1.03. The van der Waals surface area contributed by atoms with Gasteiger partial charge in [-0.15, -0.1) is 0 Å². The molecule has 0 spiro atoms. The lowest BCUT2D eigenvalue weighted by atomic mass is 10.1. The van der Waals surface area contributed by atoms with Gasteiger partial charge in [0.05, 0.1) is 12.0 Å². The number of hydrogen-bond donors (Lipinski definition) is 0. The van der Waals surface area contributed by atoms with E-state index in [1.807, 2.05) is 26.0 Å². The molecule has 0 amide bonds. The zero-order chi connectivity index (χ0) is 13.1. The lowest BCUT2D eigenvalue weighted by Gasteiger charge is -2.19. The molecule has 0 radical (unpaired) electrons. The van der Waals surface area contributed by atoms with E-state index in [0.717, 1.165) is 29.7 Å². The van der Waals surface area contributed by atoms with Crippen molar-refractivity contribution in [3.05, 3.63) is 28.7 Å². The van der Waals surface area contributed by atoms with Gasteiger partial charge in [-0.1, -0.05) is 22.0 Å². The van der Waals surface area contributed by atoms with Gasteiger partial charge < -0.3 is 9.64 Å². The Morgan fingerprint density at radius 2 is 2.28 bits per heavy atom. The van der Waals surface area contributed by atoms with E-state index in [1.54, 1.807) is 0 Å². The minimum atomic E-state index is -0.0671. The van der Waals surface area contributed by atoms with Gasteiger partial charge in [-0.25, -0.2) is 0 Å². The van der Waals surface area contributed by atoms with E-state index in [0.29, 0.717) is 0 Å². The standard InChI is InChI=1S/C14H18BrNO2/c1-10(2)18-14(17)11-6-7-16(9-11)13-5-3-4-12(15)8-13/h3-5,8,10-11H,6-7,9H2,1-2H3. The van der Waals surface area contributed by atoms with Crippen LogP contribution in [-0.4, -0.2) is 25.2 Å². The van der Waals surface area contributed by atoms with Gasteiger partial charge >= 0.3 is 5.97 Å². The predicted molar refractivity (Wildman–Crippen MR) is 75.7 cm³/mol. The molecular weight excluding hydrogens is 294 g/mol. The maximum Gasteiger partial charge on any atom is 0.311 e. The van der Waals surface area contributed by atoms with Crippen molar-refractivity contribution in [2.45, 2.75) is 26.4 Å². The van der Waals surface area contributed by atoms with Crippen molar-refractivity contribution in [1.82, 2.24) is 0 Å². The molecule has 1 heterocycles. The Bertz CT molecular complexity index is 434. The van der Waals surface area contributed by atoms with Crippen LogP contribution in [0.3, 0.4) is 0 Å². The molecule has 0 N–H and O–H groups in total. The molecule has 2 rings (SSSR count). The van der Waals surface area contributed by atoms with E-state index in [1.165, 1.54) is 0 Å². The molecule has 0 bridgehead atoms. The molecule has 4 heteroatoms. The van der Waals surface area contributed by atoms with Crippen molar-refractivity contribution in [2.24, 2.45) is 5.92 Å². The molecule has 3 nitrogen and oxygen atoms in total. The highest BCUT2D eigenvalue weighted by Crippen LogP contribution is 2.26. The summed E-state index contributed by atoms with van der Waals surface area (Å²) in [5.74, 6) is -0.0612. The summed E-state index contributed by atoms with van der Waals surface area (Å²) < 4.78 is 6.33. The molecule has 1 aliphatic rings. The second-order valence-corrected chi connectivity index (χ2v) is 5.81. The Balaban J connectivity index is 1.98. The van der Waals surface area contributed by atoms with Crippen LogP contribution in [0.4, 0.5) is 5.69 Å². The molecule has 0 aliphatic carbocycles.